The van der Waals surface area contributed by atoms with Gasteiger partial charge in [0.25, 0.3) is 0 Å². The second-order valence-electron chi connectivity index (χ2n) is 5.20. The Hall–Kier alpha value is -0.790. The Kier molecular flexibility index (Phi) is 3.03. The van der Waals surface area contributed by atoms with Gasteiger partial charge in [0.15, 0.2) is 0 Å². The van der Waals surface area contributed by atoms with E-state index in [0.29, 0.717) is 5.41 Å². The Balaban J connectivity index is 3.03. The molecule has 2 heteroatoms. The van der Waals surface area contributed by atoms with Gasteiger partial charge in [-0.15, -0.1) is 0 Å². The van der Waals surface area contributed by atoms with Crippen molar-refractivity contribution in [1.29, 1.82) is 0 Å². The van der Waals surface area contributed by atoms with Crippen molar-refractivity contribution in [2.24, 2.45) is 5.41 Å². The first-order chi connectivity index (χ1) is 6.35. The second-order valence-corrected chi connectivity index (χ2v) is 5.20. The molecule has 0 aliphatic heterocycles. The SMILES string of the molecule is CCn1nc(C)c(CC(C)(C)C)c1C. The van der Waals surface area contributed by atoms with Gasteiger partial charge >= 0.3 is 0 Å². The Morgan fingerprint density at radius 1 is 1.21 bits per heavy atom. The van der Waals surface area contributed by atoms with E-state index in [1.165, 1.54) is 17.0 Å². The first kappa shape index (κ1) is 11.3. The lowest BCUT2D eigenvalue weighted by atomic mass is 9.87. The molecule has 0 spiro atoms. The fraction of sp³-hybridized carbons (Fsp3) is 0.750. The number of hydrogen-bond acceptors (Lipinski definition) is 1. The van der Waals surface area contributed by atoms with E-state index in [1.54, 1.807) is 0 Å². The molecule has 80 valence electrons. The first-order valence-corrected chi connectivity index (χ1v) is 5.38. The van der Waals surface area contributed by atoms with E-state index in [2.05, 4.69) is 51.3 Å². The fourth-order valence-electron chi connectivity index (χ4n) is 1.83. The molecule has 0 N–H and O–H groups in total. The Morgan fingerprint density at radius 3 is 2.14 bits per heavy atom. The maximum atomic E-state index is 4.53. The standard InChI is InChI=1S/C12H22N2/c1-7-14-10(3)11(9(2)13-14)8-12(4,5)6/h7-8H2,1-6H3. The van der Waals surface area contributed by atoms with Gasteiger partial charge in [-0.2, -0.15) is 5.10 Å². The molecule has 0 radical (unpaired) electrons. The van der Waals surface area contributed by atoms with Crippen molar-refractivity contribution < 1.29 is 0 Å². The van der Waals surface area contributed by atoms with Crippen LogP contribution >= 0.6 is 0 Å². The third-order valence-electron chi connectivity index (χ3n) is 2.54. The molecule has 1 aromatic heterocycles. The number of aromatic nitrogens is 2. The van der Waals surface area contributed by atoms with E-state index < -0.39 is 0 Å². The summed E-state index contributed by atoms with van der Waals surface area (Å²) in [7, 11) is 0. The fourth-order valence-corrected chi connectivity index (χ4v) is 1.83. The molecule has 1 heterocycles. The van der Waals surface area contributed by atoms with Crippen LogP contribution < -0.4 is 0 Å². The summed E-state index contributed by atoms with van der Waals surface area (Å²) in [5.41, 5.74) is 4.30. The quantitative estimate of drug-likeness (QED) is 0.707. The van der Waals surface area contributed by atoms with Crippen LogP contribution in [0.2, 0.25) is 0 Å². The third-order valence-corrected chi connectivity index (χ3v) is 2.54. The largest absolute Gasteiger partial charge is 0.270 e. The molecule has 0 saturated heterocycles. The van der Waals surface area contributed by atoms with Crippen molar-refractivity contribution in [2.75, 3.05) is 0 Å². The van der Waals surface area contributed by atoms with E-state index in [9.17, 15) is 0 Å². The smallest absolute Gasteiger partial charge is 0.0628 e. The predicted octanol–water partition coefficient (Wildman–Crippen LogP) is 3.11. The maximum Gasteiger partial charge on any atom is 0.0628 e. The normalized spacial score (nSPS) is 12.1. The lowest BCUT2D eigenvalue weighted by Gasteiger charge is -2.18. The van der Waals surface area contributed by atoms with Crippen LogP contribution in [0.15, 0.2) is 0 Å². The molecule has 0 amide bonds. The molecule has 0 saturated carbocycles. The summed E-state index contributed by atoms with van der Waals surface area (Å²) in [6.45, 7) is 14.2. The van der Waals surface area contributed by atoms with Crippen molar-refractivity contribution in [3.63, 3.8) is 0 Å². The highest BCUT2D eigenvalue weighted by Gasteiger charge is 2.17. The molecule has 1 aromatic rings. The summed E-state index contributed by atoms with van der Waals surface area (Å²) in [4.78, 5) is 0. The summed E-state index contributed by atoms with van der Waals surface area (Å²) in [5, 5.41) is 4.53. The maximum absolute atomic E-state index is 4.53. The highest BCUT2D eigenvalue weighted by atomic mass is 15.3. The zero-order chi connectivity index (χ0) is 10.9. The predicted molar refractivity (Wildman–Crippen MR) is 60.5 cm³/mol. The lowest BCUT2D eigenvalue weighted by molar-refractivity contribution is 0.409. The van der Waals surface area contributed by atoms with Gasteiger partial charge in [-0.1, -0.05) is 20.8 Å². The molecule has 1 rings (SSSR count). The zero-order valence-corrected chi connectivity index (χ0v) is 10.3. The van der Waals surface area contributed by atoms with Crippen LogP contribution in [0, 0.1) is 19.3 Å². The van der Waals surface area contributed by atoms with Gasteiger partial charge in [-0.3, -0.25) is 4.68 Å². The van der Waals surface area contributed by atoms with Crippen LogP contribution in [0.1, 0.15) is 44.6 Å². The van der Waals surface area contributed by atoms with E-state index in [0.717, 1.165) is 13.0 Å². The number of hydrogen-bond donors (Lipinski definition) is 0. The van der Waals surface area contributed by atoms with Crippen molar-refractivity contribution in [2.45, 2.75) is 54.5 Å². The van der Waals surface area contributed by atoms with Crippen LogP contribution in [0.4, 0.5) is 0 Å². The van der Waals surface area contributed by atoms with Gasteiger partial charge in [0.1, 0.15) is 0 Å². The molecule has 2 nitrogen and oxygen atoms in total. The van der Waals surface area contributed by atoms with Crippen molar-refractivity contribution in [3.8, 4) is 0 Å². The highest BCUT2D eigenvalue weighted by Crippen LogP contribution is 2.24. The summed E-state index contributed by atoms with van der Waals surface area (Å²) in [6.07, 6.45) is 1.12. The molecule has 14 heavy (non-hydrogen) atoms. The Labute approximate surface area is 87.3 Å². The first-order valence-electron chi connectivity index (χ1n) is 5.38. The van der Waals surface area contributed by atoms with Gasteiger partial charge < -0.3 is 0 Å². The van der Waals surface area contributed by atoms with Crippen LogP contribution in [-0.4, -0.2) is 9.78 Å². The second kappa shape index (κ2) is 3.76. The molecule has 0 bridgehead atoms. The van der Waals surface area contributed by atoms with Crippen LogP contribution in [0.25, 0.3) is 0 Å². The van der Waals surface area contributed by atoms with Crippen molar-refractivity contribution in [3.05, 3.63) is 17.0 Å². The summed E-state index contributed by atoms with van der Waals surface area (Å²) >= 11 is 0. The molecule has 0 fully saturated rings. The van der Waals surface area contributed by atoms with E-state index in [-0.39, 0.29) is 0 Å². The minimum Gasteiger partial charge on any atom is -0.270 e. The number of nitrogens with zero attached hydrogens (tertiary/aromatic N) is 2. The number of rotatable bonds is 2. The van der Waals surface area contributed by atoms with Gasteiger partial charge in [0.05, 0.1) is 5.69 Å². The summed E-state index contributed by atoms with van der Waals surface area (Å²) in [6, 6.07) is 0. The monoisotopic (exact) mass is 194 g/mol. The lowest BCUT2D eigenvalue weighted by Crippen LogP contribution is -2.10. The van der Waals surface area contributed by atoms with Crippen molar-refractivity contribution >= 4 is 0 Å². The molecular weight excluding hydrogens is 172 g/mol. The van der Waals surface area contributed by atoms with E-state index >= 15 is 0 Å². The molecular formula is C12H22N2. The average molecular weight is 194 g/mol. The summed E-state index contributed by atoms with van der Waals surface area (Å²) in [5.74, 6) is 0. The van der Waals surface area contributed by atoms with Crippen LogP contribution in [0.3, 0.4) is 0 Å². The highest BCUT2D eigenvalue weighted by molar-refractivity contribution is 5.25. The van der Waals surface area contributed by atoms with Crippen LogP contribution in [-0.2, 0) is 13.0 Å². The third kappa shape index (κ3) is 2.37. The molecule has 0 unspecified atom stereocenters. The topological polar surface area (TPSA) is 17.8 Å². The van der Waals surface area contributed by atoms with Gasteiger partial charge in [0, 0.05) is 12.2 Å². The minimum atomic E-state index is 0.344. The molecule has 0 aromatic carbocycles. The average Bonchev–Trinajstić information content (AvgIpc) is 2.29. The summed E-state index contributed by atoms with van der Waals surface area (Å²) < 4.78 is 2.09. The Morgan fingerprint density at radius 2 is 1.79 bits per heavy atom. The number of aryl methyl sites for hydroxylation is 2. The van der Waals surface area contributed by atoms with Gasteiger partial charge in [-0.05, 0) is 38.2 Å². The van der Waals surface area contributed by atoms with E-state index in [4.69, 9.17) is 0 Å². The van der Waals surface area contributed by atoms with Crippen molar-refractivity contribution in [1.82, 2.24) is 9.78 Å². The molecule has 0 aliphatic rings. The molecule has 0 aliphatic carbocycles. The van der Waals surface area contributed by atoms with Gasteiger partial charge in [0.2, 0.25) is 0 Å². The van der Waals surface area contributed by atoms with Gasteiger partial charge in [-0.25, -0.2) is 0 Å². The Bertz CT molecular complexity index is 316. The van der Waals surface area contributed by atoms with E-state index in [1.807, 2.05) is 0 Å². The van der Waals surface area contributed by atoms with Crippen LogP contribution in [0.5, 0.6) is 0 Å². The minimum absolute atomic E-state index is 0.344. The molecule has 0 atom stereocenters. The zero-order valence-electron chi connectivity index (χ0n) is 10.3.